The van der Waals surface area contributed by atoms with E-state index in [4.69, 9.17) is 18.3 Å². The number of hydrogen-bond acceptors (Lipinski definition) is 4. The van der Waals surface area contributed by atoms with Gasteiger partial charge in [-0.25, -0.2) is 0 Å². The topological polar surface area (TPSA) is 36.9 Å². The molecule has 0 aromatic rings. The quantitative estimate of drug-likeness (QED) is 0.377. The molecule has 0 heterocycles. The molecular formula is C8H20O4Si. The molecule has 0 aromatic heterocycles. The van der Waals surface area contributed by atoms with E-state index in [0.717, 1.165) is 39.3 Å². The summed E-state index contributed by atoms with van der Waals surface area (Å²) in [6.45, 7) is 3.03. The fourth-order valence-electron chi connectivity index (χ4n) is 0.787. The van der Waals surface area contributed by atoms with Crippen LogP contribution in [0.15, 0.2) is 0 Å². The molecule has 0 rings (SSSR count). The molecular weight excluding hydrogens is 188 g/mol. The fourth-order valence-corrected chi connectivity index (χ4v) is 1.55. The molecule has 0 aliphatic heterocycles. The largest absolute Gasteiger partial charge is 0.399 e. The smallest absolute Gasteiger partial charge is 0.304 e. The molecule has 0 atom stereocenters. The van der Waals surface area contributed by atoms with E-state index in [9.17, 15) is 0 Å². The van der Waals surface area contributed by atoms with Gasteiger partial charge in [0.25, 0.3) is 0 Å². The Morgan fingerprint density at radius 2 is 1.23 bits per heavy atom. The molecule has 0 amide bonds. The highest BCUT2D eigenvalue weighted by molar-refractivity contribution is 6.17. The zero-order valence-electron chi connectivity index (χ0n) is 8.58. The van der Waals surface area contributed by atoms with E-state index in [2.05, 4.69) is 0 Å². The standard InChI is InChI=1S/C8H20O4Si/c1-9-5-3-7-11-13-12-8-4-6-10-2/h3-8,13H2,1-2H3. The zero-order valence-corrected chi connectivity index (χ0v) is 10.00. The van der Waals surface area contributed by atoms with Gasteiger partial charge in [-0.1, -0.05) is 0 Å². The Labute approximate surface area is 82.6 Å². The molecule has 0 aliphatic carbocycles. The van der Waals surface area contributed by atoms with Gasteiger partial charge in [-0.3, -0.25) is 0 Å². The molecule has 0 unspecified atom stereocenters. The first kappa shape index (κ1) is 13.1. The summed E-state index contributed by atoms with van der Waals surface area (Å²) in [7, 11) is 2.63. The van der Waals surface area contributed by atoms with Crippen LogP contribution >= 0.6 is 0 Å². The molecule has 0 aromatic carbocycles. The van der Waals surface area contributed by atoms with Crippen LogP contribution in [0.3, 0.4) is 0 Å². The SMILES string of the molecule is COCCCO[SiH2]OCCCOC. The first-order chi connectivity index (χ1) is 6.41. The first-order valence-corrected chi connectivity index (χ1v) is 5.70. The maximum atomic E-state index is 5.31. The summed E-state index contributed by atoms with van der Waals surface area (Å²) < 4.78 is 20.4. The fraction of sp³-hybridized carbons (Fsp3) is 1.00. The second-order valence-electron chi connectivity index (χ2n) is 2.63. The summed E-state index contributed by atoms with van der Waals surface area (Å²) in [5.74, 6) is 0. The van der Waals surface area contributed by atoms with Crippen molar-refractivity contribution in [1.82, 2.24) is 0 Å². The molecule has 5 heteroatoms. The molecule has 0 bridgehead atoms. The van der Waals surface area contributed by atoms with Gasteiger partial charge < -0.3 is 18.3 Å². The van der Waals surface area contributed by atoms with Gasteiger partial charge in [0.1, 0.15) is 0 Å². The van der Waals surface area contributed by atoms with Crippen molar-refractivity contribution in [2.45, 2.75) is 12.8 Å². The van der Waals surface area contributed by atoms with Crippen LogP contribution in [0.1, 0.15) is 12.8 Å². The Morgan fingerprint density at radius 1 is 0.769 bits per heavy atom. The monoisotopic (exact) mass is 208 g/mol. The molecule has 0 N–H and O–H groups in total. The van der Waals surface area contributed by atoms with Crippen molar-refractivity contribution in [1.29, 1.82) is 0 Å². The van der Waals surface area contributed by atoms with Crippen LogP contribution < -0.4 is 0 Å². The van der Waals surface area contributed by atoms with E-state index >= 15 is 0 Å². The van der Waals surface area contributed by atoms with Crippen molar-refractivity contribution in [2.75, 3.05) is 40.6 Å². The lowest BCUT2D eigenvalue weighted by Crippen LogP contribution is -2.09. The predicted octanol–water partition coefficient (Wildman–Crippen LogP) is 0.0914. The van der Waals surface area contributed by atoms with Gasteiger partial charge >= 0.3 is 10.0 Å². The van der Waals surface area contributed by atoms with Crippen molar-refractivity contribution in [3.05, 3.63) is 0 Å². The van der Waals surface area contributed by atoms with Crippen molar-refractivity contribution < 1.29 is 18.3 Å². The molecule has 0 saturated carbocycles. The van der Waals surface area contributed by atoms with Crippen LogP contribution in [0.2, 0.25) is 0 Å². The minimum atomic E-state index is -0.756. The zero-order chi connectivity index (χ0) is 9.78. The molecule has 0 radical (unpaired) electrons. The average Bonchev–Trinajstić information content (AvgIpc) is 2.16. The molecule has 4 nitrogen and oxygen atoms in total. The number of ether oxygens (including phenoxy) is 2. The van der Waals surface area contributed by atoms with Crippen molar-refractivity contribution >= 4 is 10.0 Å². The Kier molecular flexibility index (Phi) is 12.1. The van der Waals surface area contributed by atoms with Gasteiger partial charge in [-0.2, -0.15) is 0 Å². The van der Waals surface area contributed by atoms with Crippen LogP contribution in [0.5, 0.6) is 0 Å². The van der Waals surface area contributed by atoms with Gasteiger partial charge in [0.05, 0.1) is 0 Å². The van der Waals surface area contributed by atoms with Crippen LogP contribution in [0, 0.1) is 0 Å². The third-order valence-corrected chi connectivity index (χ3v) is 2.35. The Hall–Kier alpha value is 0.0569. The highest BCUT2D eigenvalue weighted by Crippen LogP contribution is 1.85. The Morgan fingerprint density at radius 3 is 1.62 bits per heavy atom. The van der Waals surface area contributed by atoms with Crippen molar-refractivity contribution in [2.24, 2.45) is 0 Å². The summed E-state index contributed by atoms with van der Waals surface area (Å²) in [5, 5.41) is 0. The minimum Gasteiger partial charge on any atom is -0.399 e. The highest BCUT2D eigenvalue weighted by Gasteiger charge is 1.90. The van der Waals surface area contributed by atoms with E-state index in [-0.39, 0.29) is 0 Å². The number of rotatable bonds is 10. The number of hydrogen-bond donors (Lipinski definition) is 0. The van der Waals surface area contributed by atoms with Gasteiger partial charge in [0.2, 0.25) is 0 Å². The van der Waals surface area contributed by atoms with Crippen molar-refractivity contribution in [3.63, 3.8) is 0 Å². The maximum Gasteiger partial charge on any atom is 0.304 e. The molecule has 0 spiro atoms. The molecule has 0 aliphatic rings. The maximum absolute atomic E-state index is 5.31. The summed E-state index contributed by atoms with van der Waals surface area (Å²) in [6.07, 6.45) is 1.90. The second-order valence-corrected chi connectivity index (χ2v) is 3.68. The lowest BCUT2D eigenvalue weighted by molar-refractivity contribution is 0.146. The summed E-state index contributed by atoms with van der Waals surface area (Å²) in [4.78, 5) is 0. The summed E-state index contributed by atoms with van der Waals surface area (Å²) >= 11 is 0. The third kappa shape index (κ3) is 12.1. The molecule has 80 valence electrons. The van der Waals surface area contributed by atoms with Crippen molar-refractivity contribution in [3.8, 4) is 0 Å². The Bertz CT molecular complexity index is 82.2. The van der Waals surface area contributed by atoms with Gasteiger partial charge in [0.15, 0.2) is 0 Å². The first-order valence-electron chi connectivity index (χ1n) is 4.55. The van der Waals surface area contributed by atoms with E-state index < -0.39 is 10.0 Å². The van der Waals surface area contributed by atoms with E-state index in [0.29, 0.717) is 0 Å². The predicted molar refractivity (Wildman–Crippen MR) is 53.4 cm³/mol. The molecule has 13 heavy (non-hydrogen) atoms. The number of methoxy groups -OCH3 is 2. The normalized spacial score (nSPS) is 10.6. The van der Waals surface area contributed by atoms with Crippen LogP contribution in [0.25, 0.3) is 0 Å². The minimum absolute atomic E-state index is 0.754. The third-order valence-electron chi connectivity index (χ3n) is 1.44. The van der Waals surface area contributed by atoms with Crippen LogP contribution in [0.4, 0.5) is 0 Å². The second kappa shape index (κ2) is 12.1. The summed E-state index contributed by atoms with van der Waals surface area (Å²) in [5.41, 5.74) is 0. The van der Waals surface area contributed by atoms with Crippen LogP contribution in [-0.2, 0) is 18.3 Å². The molecule has 0 fully saturated rings. The highest BCUT2D eigenvalue weighted by atomic mass is 28.3. The van der Waals surface area contributed by atoms with E-state index in [1.807, 2.05) is 0 Å². The Balaban J connectivity index is 2.76. The van der Waals surface area contributed by atoms with E-state index in [1.54, 1.807) is 14.2 Å². The van der Waals surface area contributed by atoms with Gasteiger partial charge in [0, 0.05) is 40.6 Å². The van der Waals surface area contributed by atoms with Crippen LogP contribution in [-0.4, -0.2) is 50.7 Å². The van der Waals surface area contributed by atoms with E-state index in [1.165, 1.54) is 0 Å². The van der Waals surface area contributed by atoms with Gasteiger partial charge in [-0.15, -0.1) is 0 Å². The average molecular weight is 208 g/mol. The lowest BCUT2D eigenvalue weighted by Gasteiger charge is -2.04. The van der Waals surface area contributed by atoms with Gasteiger partial charge in [-0.05, 0) is 12.8 Å². The summed E-state index contributed by atoms with van der Waals surface area (Å²) in [6, 6.07) is 0. The molecule has 0 saturated heterocycles. The lowest BCUT2D eigenvalue weighted by atomic mass is 10.5.